The summed E-state index contributed by atoms with van der Waals surface area (Å²) in [5, 5.41) is 3.25. The number of nitrogens with one attached hydrogen (secondary N) is 2. The van der Waals surface area contributed by atoms with Gasteiger partial charge < -0.3 is 5.32 Å². The molecule has 104 valence electrons. The van der Waals surface area contributed by atoms with Crippen molar-refractivity contribution in [1.29, 1.82) is 0 Å². The predicted octanol–water partition coefficient (Wildman–Crippen LogP) is 2.76. The second-order valence-electron chi connectivity index (χ2n) is 4.97. The molecule has 0 saturated carbocycles. The van der Waals surface area contributed by atoms with Crippen molar-refractivity contribution in [2.75, 3.05) is 16.6 Å². The van der Waals surface area contributed by atoms with E-state index in [1.165, 1.54) is 0 Å². The smallest absolute Gasteiger partial charge is 0.261 e. The fraction of sp³-hybridized carbons (Fsp3) is 0.200. The minimum absolute atomic E-state index is 0.279. The molecular formula is C15H16N2O2S. The lowest BCUT2D eigenvalue weighted by Crippen LogP contribution is -2.13. The van der Waals surface area contributed by atoms with Crippen molar-refractivity contribution in [2.45, 2.75) is 18.2 Å². The molecule has 2 N–H and O–H groups in total. The van der Waals surface area contributed by atoms with Crippen LogP contribution in [0.25, 0.3) is 0 Å². The van der Waals surface area contributed by atoms with Gasteiger partial charge in [-0.2, -0.15) is 0 Å². The molecule has 1 aliphatic heterocycles. The number of benzene rings is 2. The van der Waals surface area contributed by atoms with Crippen LogP contribution in [-0.2, 0) is 16.4 Å². The first-order valence-corrected chi connectivity index (χ1v) is 7.99. The van der Waals surface area contributed by atoms with Gasteiger partial charge in [0.15, 0.2) is 0 Å². The summed E-state index contributed by atoms with van der Waals surface area (Å²) in [5.74, 6) is 0. The van der Waals surface area contributed by atoms with E-state index in [-0.39, 0.29) is 4.90 Å². The summed E-state index contributed by atoms with van der Waals surface area (Å²) < 4.78 is 27.2. The van der Waals surface area contributed by atoms with E-state index in [9.17, 15) is 8.42 Å². The van der Waals surface area contributed by atoms with Gasteiger partial charge in [-0.1, -0.05) is 17.7 Å². The van der Waals surface area contributed by atoms with Crippen LogP contribution in [-0.4, -0.2) is 15.0 Å². The lowest BCUT2D eigenvalue weighted by Gasteiger charge is -2.09. The van der Waals surface area contributed by atoms with E-state index in [0.29, 0.717) is 5.69 Å². The standard InChI is InChI=1S/C15H16N2O2S/c1-11-2-5-14(6-3-11)20(18,19)17-13-4-7-15-12(10-13)8-9-16-15/h2-7,10,16-17H,8-9H2,1H3. The first-order valence-electron chi connectivity index (χ1n) is 6.51. The topological polar surface area (TPSA) is 58.2 Å². The van der Waals surface area contributed by atoms with Crippen LogP contribution in [0.3, 0.4) is 0 Å². The first kappa shape index (κ1) is 13.0. The highest BCUT2D eigenvalue weighted by Crippen LogP contribution is 2.26. The molecule has 3 rings (SSSR count). The Morgan fingerprint density at radius 2 is 1.85 bits per heavy atom. The third-order valence-electron chi connectivity index (χ3n) is 3.40. The highest BCUT2D eigenvalue weighted by atomic mass is 32.2. The molecule has 20 heavy (non-hydrogen) atoms. The van der Waals surface area contributed by atoms with Crippen LogP contribution < -0.4 is 10.0 Å². The second kappa shape index (κ2) is 4.83. The Bertz CT molecular complexity index is 737. The largest absolute Gasteiger partial charge is 0.384 e. The van der Waals surface area contributed by atoms with Gasteiger partial charge >= 0.3 is 0 Å². The maximum Gasteiger partial charge on any atom is 0.261 e. The molecule has 1 heterocycles. The average Bonchev–Trinajstić information content (AvgIpc) is 2.86. The molecule has 0 aromatic heterocycles. The molecule has 1 aliphatic rings. The van der Waals surface area contributed by atoms with Gasteiger partial charge in [-0.15, -0.1) is 0 Å². The molecule has 0 bridgehead atoms. The molecule has 0 fully saturated rings. The third kappa shape index (κ3) is 2.49. The van der Waals surface area contributed by atoms with Gasteiger partial charge in [0.1, 0.15) is 0 Å². The molecule has 5 heteroatoms. The van der Waals surface area contributed by atoms with Crippen LogP contribution in [0.2, 0.25) is 0 Å². The minimum Gasteiger partial charge on any atom is -0.384 e. The molecule has 2 aromatic carbocycles. The van der Waals surface area contributed by atoms with Crippen molar-refractivity contribution < 1.29 is 8.42 Å². The van der Waals surface area contributed by atoms with E-state index >= 15 is 0 Å². The van der Waals surface area contributed by atoms with Gasteiger partial charge in [0, 0.05) is 17.9 Å². The fourth-order valence-corrected chi connectivity index (χ4v) is 3.35. The zero-order valence-electron chi connectivity index (χ0n) is 11.2. The van der Waals surface area contributed by atoms with Crippen LogP contribution in [0.15, 0.2) is 47.4 Å². The molecular weight excluding hydrogens is 272 g/mol. The Balaban J connectivity index is 1.88. The summed E-state index contributed by atoms with van der Waals surface area (Å²) >= 11 is 0. The van der Waals surface area contributed by atoms with Crippen molar-refractivity contribution in [3.63, 3.8) is 0 Å². The van der Waals surface area contributed by atoms with Gasteiger partial charge in [0.05, 0.1) is 4.90 Å². The average molecular weight is 288 g/mol. The Labute approximate surface area is 118 Å². The van der Waals surface area contributed by atoms with Crippen molar-refractivity contribution in [3.8, 4) is 0 Å². The predicted molar refractivity (Wildman–Crippen MR) is 80.6 cm³/mol. The fourth-order valence-electron chi connectivity index (χ4n) is 2.30. The molecule has 4 nitrogen and oxygen atoms in total. The van der Waals surface area contributed by atoms with E-state index in [1.807, 2.05) is 19.1 Å². The Morgan fingerprint density at radius 1 is 1.10 bits per heavy atom. The lowest BCUT2D eigenvalue weighted by atomic mass is 10.1. The van der Waals surface area contributed by atoms with Gasteiger partial charge in [0.2, 0.25) is 0 Å². The van der Waals surface area contributed by atoms with Crippen LogP contribution in [0, 0.1) is 6.92 Å². The number of rotatable bonds is 3. The van der Waals surface area contributed by atoms with Crippen molar-refractivity contribution in [1.82, 2.24) is 0 Å². The quantitative estimate of drug-likeness (QED) is 0.913. The number of hydrogen-bond donors (Lipinski definition) is 2. The Hall–Kier alpha value is -2.01. The van der Waals surface area contributed by atoms with Crippen LogP contribution in [0.4, 0.5) is 11.4 Å². The van der Waals surface area contributed by atoms with Crippen molar-refractivity contribution in [3.05, 3.63) is 53.6 Å². The minimum atomic E-state index is -3.52. The molecule has 0 aliphatic carbocycles. The monoisotopic (exact) mass is 288 g/mol. The second-order valence-corrected chi connectivity index (χ2v) is 6.65. The maximum atomic E-state index is 12.3. The number of aryl methyl sites for hydroxylation is 1. The summed E-state index contributed by atoms with van der Waals surface area (Å²) in [6.45, 7) is 2.83. The summed E-state index contributed by atoms with van der Waals surface area (Å²) in [6.07, 6.45) is 0.926. The normalized spacial score (nSPS) is 13.7. The Morgan fingerprint density at radius 3 is 2.60 bits per heavy atom. The highest BCUT2D eigenvalue weighted by Gasteiger charge is 2.16. The van der Waals surface area contributed by atoms with Gasteiger partial charge in [-0.05, 0) is 49.2 Å². The van der Waals surface area contributed by atoms with Crippen molar-refractivity contribution in [2.24, 2.45) is 0 Å². The molecule has 2 aromatic rings. The van der Waals surface area contributed by atoms with E-state index < -0.39 is 10.0 Å². The molecule has 0 radical (unpaired) electrons. The van der Waals surface area contributed by atoms with Gasteiger partial charge in [0.25, 0.3) is 10.0 Å². The lowest BCUT2D eigenvalue weighted by molar-refractivity contribution is 0.601. The van der Waals surface area contributed by atoms with Crippen molar-refractivity contribution >= 4 is 21.4 Å². The molecule has 0 saturated heterocycles. The zero-order chi connectivity index (χ0) is 14.2. The molecule has 0 amide bonds. The number of fused-ring (bicyclic) bond motifs is 1. The maximum absolute atomic E-state index is 12.3. The van der Waals surface area contributed by atoms with E-state index in [1.54, 1.807) is 30.3 Å². The van der Waals surface area contributed by atoms with Crippen LogP contribution in [0.5, 0.6) is 0 Å². The SMILES string of the molecule is Cc1ccc(S(=O)(=O)Nc2ccc3c(c2)CCN3)cc1. The molecule has 0 atom stereocenters. The van der Waals surface area contributed by atoms with Gasteiger partial charge in [-0.3, -0.25) is 4.72 Å². The summed E-state index contributed by atoms with van der Waals surface area (Å²) in [4.78, 5) is 0.279. The number of anilines is 2. The third-order valence-corrected chi connectivity index (χ3v) is 4.80. The first-order chi connectivity index (χ1) is 9.54. The summed E-state index contributed by atoms with van der Waals surface area (Å²) in [7, 11) is -3.52. The van der Waals surface area contributed by atoms with Gasteiger partial charge in [-0.25, -0.2) is 8.42 Å². The number of hydrogen-bond acceptors (Lipinski definition) is 3. The summed E-state index contributed by atoms with van der Waals surface area (Å²) in [6, 6.07) is 12.4. The molecule has 0 unspecified atom stereocenters. The summed E-state index contributed by atoms with van der Waals surface area (Å²) in [5.41, 5.74) is 3.87. The van der Waals surface area contributed by atoms with Crippen LogP contribution >= 0.6 is 0 Å². The van der Waals surface area contributed by atoms with E-state index in [0.717, 1.165) is 29.8 Å². The number of sulfonamides is 1. The zero-order valence-corrected chi connectivity index (χ0v) is 12.0. The van der Waals surface area contributed by atoms with E-state index in [4.69, 9.17) is 0 Å². The van der Waals surface area contributed by atoms with Crippen LogP contribution in [0.1, 0.15) is 11.1 Å². The molecule has 0 spiro atoms. The Kier molecular flexibility index (Phi) is 3.14. The highest BCUT2D eigenvalue weighted by molar-refractivity contribution is 7.92. The van der Waals surface area contributed by atoms with E-state index in [2.05, 4.69) is 10.0 Å².